The fraction of sp³-hybridized carbons (Fsp3) is 0.182. The summed E-state index contributed by atoms with van der Waals surface area (Å²) in [4.78, 5) is 15.8. The van der Waals surface area contributed by atoms with E-state index in [0.29, 0.717) is 18.8 Å². The van der Waals surface area contributed by atoms with E-state index in [2.05, 4.69) is 25.9 Å². The van der Waals surface area contributed by atoms with Crippen LogP contribution in [0.4, 0.5) is 10.1 Å². The first kappa shape index (κ1) is 13.0. The Kier molecular flexibility index (Phi) is 4.04. The number of hydrogen-bond acceptors (Lipinski definition) is 5. The molecule has 8 heteroatoms. The van der Waals surface area contributed by atoms with Crippen molar-refractivity contribution in [2.24, 2.45) is 5.84 Å². The van der Waals surface area contributed by atoms with Crippen LogP contribution in [0, 0.1) is 5.82 Å². The van der Waals surface area contributed by atoms with Gasteiger partial charge in [0.05, 0.1) is 11.3 Å². The second-order valence-corrected chi connectivity index (χ2v) is 3.74. The van der Waals surface area contributed by atoms with E-state index in [1.807, 2.05) is 0 Å². The molecule has 5 N–H and O–H groups in total. The number of hydrazine groups is 1. The third-order valence-electron chi connectivity index (χ3n) is 2.51. The van der Waals surface area contributed by atoms with Crippen molar-refractivity contribution in [2.75, 3.05) is 12.0 Å². The van der Waals surface area contributed by atoms with Crippen LogP contribution in [0.5, 0.6) is 0 Å². The third kappa shape index (κ3) is 3.05. The fourth-order valence-electron chi connectivity index (χ4n) is 1.60. The number of benzene rings is 1. The van der Waals surface area contributed by atoms with Gasteiger partial charge in [0, 0.05) is 13.0 Å². The molecule has 1 heterocycles. The van der Waals surface area contributed by atoms with E-state index in [1.165, 1.54) is 24.5 Å². The van der Waals surface area contributed by atoms with Crippen LogP contribution in [0.15, 0.2) is 24.5 Å². The van der Waals surface area contributed by atoms with Gasteiger partial charge in [-0.15, -0.1) is 0 Å². The molecule has 1 aromatic carbocycles. The molecule has 19 heavy (non-hydrogen) atoms. The summed E-state index contributed by atoms with van der Waals surface area (Å²) in [6.45, 7) is 0.356. The predicted molar refractivity (Wildman–Crippen MR) is 66.6 cm³/mol. The molecule has 0 bridgehead atoms. The number of nitrogen functional groups attached to an aromatic ring is 1. The number of aromatic nitrogens is 3. The predicted octanol–water partition coefficient (Wildman–Crippen LogP) is 0.202. The Morgan fingerprint density at radius 1 is 1.47 bits per heavy atom. The maximum atomic E-state index is 13.4. The van der Waals surface area contributed by atoms with Crippen LogP contribution >= 0.6 is 0 Å². The largest absolute Gasteiger partial charge is 0.352 e. The normalized spacial score (nSPS) is 10.2. The number of amides is 1. The lowest BCUT2D eigenvalue weighted by atomic mass is 10.1. The molecule has 0 unspecified atom stereocenters. The van der Waals surface area contributed by atoms with Gasteiger partial charge in [0.15, 0.2) is 0 Å². The molecular weight excluding hydrogens is 251 g/mol. The van der Waals surface area contributed by atoms with Gasteiger partial charge < -0.3 is 10.7 Å². The van der Waals surface area contributed by atoms with Gasteiger partial charge in [-0.3, -0.25) is 15.7 Å². The van der Waals surface area contributed by atoms with Gasteiger partial charge in [-0.05, 0) is 12.1 Å². The Hall–Kier alpha value is -2.48. The molecule has 100 valence electrons. The van der Waals surface area contributed by atoms with Crippen molar-refractivity contribution in [2.45, 2.75) is 6.42 Å². The molecule has 0 radical (unpaired) electrons. The zero-order valence-corrected chi connectivity index (χ0v) is 9.98. The zero-order chi connectivity index (χ0) is 13.7. The number of para-hydroxylation sites is 1. The summed E-state index contributed by atoms with van der Waals surface area (Å²) in [6, 6.07) is 4.16. The van der Waals surface area contributed by atoms with E-state index in [1.54, 1.807) is 0 Å². The molecule has 0 aliphatic rings. The molecule has 0 fully saturated rings. The molecule has 0 aliphatic heterocycles. The summed E-state index contributed by atoms with van der Waals surface area (Å²) in [5.74, 6) is 4.88. The number of nitrogens with one attached hydrogen (secondary N) is 3. The molecule has 0 aliphatic carbocycles. The van der Waals surface area contributed by atoms with Crippen molar-refractivity contribution in [3.05, 3.63) is 41.7 Å². The monoisotopic (exact) mass is 264 g/mol. The zero-order valence-electron chi connectivity index (χ0n) is 9.98. The first-order chi connectivity index (χ1) is 9.22. The van der Waals surface area contributed by atoms with Gasteiger partial charge in [-0.25, -0.2) is 9.37 Å². The fourth-order valence-corrected chi connectivity index (χ4v) is 1.60. The topological polar surface area (TPSA) is 109 Å². The summed E-state index contributed by atoms with van der Waals surface area (Å²) >= 11 is 0. The minimum atomic E-state index is -0.578. The Labute approximate surface area is 108 Å². The number of nitrogens with zero attached hydrogens (tertiary/aromatic N) is 2. The minimum Gasteiger partial charge on any atom is -0.352 e. The van der Waals surface area contributed by atoms with Crippen molar-refractivity contribution in [3.63, 3.8) is 0 Å². The lowest BCUT2D eigenvalue weighted by Gasteiger charge is -2.09. The van der Waals surface area contributed by atoms with Crippen LogP contribution in [0.2, 0.25) is 0 Å². The summed E-state index contributed by atoms with van der Waals surface area (Å²) in [5.41, 5.74) is 2.31. The van der Waals surface area contributed by atoms with Gasteiger partial charge in [0.25, 0.3) is 5.91 Å². The van der Waals surface area contributed by atoms with Crippen LogP contribution in [0.25, 0.3) is 0 Å². The number of nitrogens with two attached hydrogens (primary N) is 1. The number of halogens is 1. The van der Waals surface area contributed by atoms with Crippen LogP contribution in [-0.4, -0.2) is 27.6 Å². The Balaban J connectivity index is 1.98. The van der Waals surface area contributed by atoms with E-state index in [4.69, 9.17) is 5.84 Å². The van der Waals surface area contributed by atoms with E-state index >= 15 is 0 Å². The second kappa shape index (κ2) is 5.91. The number of hydrogen-bond donors (Lipinski definition) is 4. The van der Waals surface area contributed by atoms with E-state index in [-0.39, 0.29) is 11.3 Å². The number of aromatic amines is 1. The van der Waals surface area contributed by atoms with Gasteiger partial charge in [-0.2, -0.15) is 5.10 Å². The SMILES string of the molecule is NNc1c(F)cccc1C(=O)NCCc1ncn[nH]1. The lowest BCUT2D eigenvalue weighted by molar-refractivity contribution is 0.0954. The third-order valence-corrected chi connectivity index (χ3v) is 2.51. The van der Waals surface area contributed by atoms with Crippen molar-refractivity contribution in [3.8, 4) is 0 Å². The average molecular weight is 264 g/mol. The maximum absolute atomic E-state index is 13.4. The van der Waals surface area contributed by atoms with Crippen molar-refractivity contribution in [1.82, 2.24) is 20.5 Å². The van der Waals surface area contributed by atoms with Crippen LogP contribution in [0.3, 0.4) is 0 Å². The highest BCUT2D eigenvalue weighted by atomic mass is 19.1. The van der Waals surface area contributed by atoms with Gasteiger partial charge >= 0.3 is 0 Å². The van der Waals surface area contributed by atoms with Crippen LogP contribution in [0.1, 0.15) is 16.2 Å². The van der Waals surface area contributed by atoms with E-state index in [9.17, 15) is 9.18 Å². The number of anilines is 1. The number of H-pyrrole nitrogens is 1. The minimum absolute atomic E-state index is 0.0281. The lowest BCUT2D eigenvalue weighted by Crippen LogP contribution is -2.27. The van der Waals surface area contributed by atoms with Crippen molar-refractivity contribution >= 4 is 11.6 Å². The quantitative estimate of drug-likeness (QED) is 0.456. The summed E-state index contributed by atoms with van der Waals surface area (Å²) in [7, 11) is 0. The number of rotatable bonds is 5. The molecule has 1 aromatic heterocycles. The molecule has 0 saturated carbocycles. The van der Waals surface area contributed by atoms with E-state index in [0.717, 1.165) is 0 Å². The number of carbonyl (C=O) groups is 1. The highest BCUT2D eigenvalue weighted by molar-refractivity contribution is 5.99. The standard InChI is InChI=1S/C11H13FN6O/c12-8-3-1-2-7(10(8)17-13)11(19)14-5-4-9-15-6-16-18-9/h1-3,6,17H,4-5,13H2,(H,14,19)(H,15,16,18). The average Bonchev–Trinajstić information content (AvgIpc) is 2.91. The Morgan fingerprint density at radius 2 is 2.32 bits per heavy atom. The second-order valence-electron chi connectivity index (χ2n) is 3.74. The van der Waals surface area contributed by atoms with Gasteiger partial charge in [0.1, 0.15) is 18.0 Å². The molecular formula is C11H13FN6O. The first-order valence-corrected chi connectivity index (χ1v) is 5.60. The van der Waals surface area contributed by atoms with Gasteiger partial charge in [-0.1, -0.05) is 6.07 Å². The molecule has 0 saturated heterocycles. The molecule has 2 rings (SSSR count). The van der Waals surface area contributed by atoms with Crippen LogP contribution < -0.4 is 16.6 Å². The summed E-state index contributed by atoms with van der Waals surface area (Å²) in [5, 5.41) is 9.02. The van der Waals surface area contributed by atoms with E-state index < -0.39 is 11.7 Å². The molecule has 0 spiro atoms. The van der Waals surface area contributed by atoms with Crippen LogP contribution in [-0.2, 0) is 6.42 Å². The highest BCUT2D eigenvalue weighted by Gasteiger charge is 2.13. The summed E-state index contributed by atoms with van der Waals surface area (Å²) in [6.07, 6.45) is 1.90. The molecule has 1 amide bonds. The maximum Gasteiger partial charge on any atom is 0.253 e. The smallest absolute Gasteiger partial charge is 0.253 e. The first-order valence-electron chi connectivity index (χ1n) is 5.60. The number of carbonyl (C=O) groups excluding carboxylic acids is 1. The highest BCUT2D eigenvalue weighted by Crippen LogP contribution is 2.18. The molecule has 0 atom stereocenters. The Morgan fingerprint density at radius 3 is 3.00 bits per heavy atom. The van der Waals surface area contributed by atoms with Crippen molar-refractivity contribution in [1.29, 1.82) is 0 Å². The Bertz CT molecular complexity index is 556. The molecule has 2 aromatic rings. The van der Waals surface area contributed by atoms with Crippen molar-refractivity contribution < 1.29 is 9.18 Å². The van der Waals surface area contributed by atoms with Gasteiger partial charge in [0.2, 0.25) is 0 Å². The summed E-state index contributed by atoms with van der Waals surface area (Å²) < 4.78 is 13.4. The molecule has 7 nitrogen and oxygen atoms in total.